The lowest BCUT2D eigenvalue weighted by molar-refractivity contribution is -0.120. The lowest BCUT2D eigenvalue weighted by atomic mass is 9.91. The highest BCUT2D eigenvalue weighted by Crippen LogP contribution is 2.33. The summed E-state index contributed by atoms with van der Waals surface area (Å²) in [5.74, 6) is -0.0453. The van der Waals surface area contributed by atoms with Crippen molar-refractivity contribution in [1.82, 2.24) is 0 Å². The minimum absolute atomic E-state index is 0.0381. The molecule has 0 saturated carbocycles. The summed E-state index contributed by atoms with van der Waals surface area (Å²) in [5, 5.41) is 0. The van der Waals surface area contributed by atoms with E-state index in [9.17, 15) is 9.18 Å². The second kappa shape index (κ2) is 7.57. The molecule has 28 heavy (non-hydrogen) atoms. The Bertz CT molecular complexity index is 875. The first-order valence-corrected chi connectivity index (χ1v) is 9.95. The molecule has 0 unspecified atom stereocenters. The minimum Gasteiger partial charge on any atom is -0.367 e. The highest BCUT2D eigenvalue weighted by atomic mass is 19.1. The third kappa shape index (κ3) is 4.37. The molecule has 2 aromatic carbocycles. The summed E-state index contributed by atoms with van der Waals surface area (Å²) in [6, 6.07) is 9.38. The Morgan fingerprint density at radius 1 is 1.11 bits per heavy atom. The van der Waals surface area contributed by atoms with E-state index in [2.05, 4.69) is 51.7 Å². The number of benzene rings is 2. The predicted octanol–water partition coefficient (Wildman–Crippen LogP) is 5.40. The summed E-state index contributed by atoms with van der Waals surface area (Å²) in [6.45, 7) is 12.0. The number of aryl methyl sites for hydroxylation is 2. The number of nitrogens with zero attached hydrogens (tertiary/aromatic N) is 2. The molecule has 0 N–H and O–H groups in total. The smallest absolute Gasteiger partial charge is 0.227 e. The zero-order valence-electron chi connectivity index (χ0n) is 17.9. The first-order valence-electron chi connectivity index (χ1n) is 9.95. The summed E-state index contributed by atoms with van der Waals surface area (Å²) in [7, 11) is 1.86. The first kappa shape index (κ1) is 20.4. The highest BCUT2D eigenvalue weighted by Gasteiger charge is 2.23. The molecular weight excluding hydrogens is 351 g/mol. The van der Waals surface area contributed by atoms with Crippen LogP contribution in [-0.2, 0) is 17.8 Å². The van der Waals surface area contributed by atoms with Gasteiger partial charge in [-0.15, -0.1) is 0 Å². The molecule has 2 aromatic rings. The third-order valence-corrected chi connectivity index (χ3v) is 5.41. The van der Waals surface area contributed by atoms with Gasteiger partial charge in [0.15, 0.2) is 0 Å². The number of rotatable bonds is 3. The lowest BCUT2D eigenvalue weighted by Crippen LogP contribution is -2.32. The Hall–Kier alpha value is -2.36. The van der Waals surface area contributed by atoms with E-state index in [1.165, 1.54) is 5.56 Å². The van der Waals surface area contributed by atoms with E-state index in [0.29, 0.717) is 13.0 Å². The molecule has 1 amide bonds. The van der Waals surface area contributed by atoms with E-state index in [4.69, 9.17) is 0 Å². The molecule has 150 valence electrons. The molecule has 0 bridgehead atoms. The molecule has 0 spiro atoms. The summed E-state index contributed by atoms with van der Waals surface area (Å²) in [5.41, 5.74) is 6.54. The van der Waals surface area contributed by atoms with Crippen LogP contribution < -0.4 is 9.80 Å². The molecule has 0 atom stereocenters. The third-order valence-electron chi connectivity index (χ3n) is 5.41. The maximum Gasteiger partial charge on any atom is 0.227 e. The fourth-order valence-electron chi connectivity index (χ4n) is 4.09. The number of hydrogen-bond donors (Lipinski definition) is 0. The molecule has 1 heterocycles. The number of carbonyl (C=O) groups is 1. The molecule has 0 fully saturated rings. The molecule has 0 radical (unpaired) electrons. The van der Waals surface area contributed by atoms with Gasteiger partial charge in [0.2, 0.25) is 5.91 Å². The molecule has 1 aliphatic heterocycles. The van der Waals surface area contributed by atoms with Gasteiger partial charge in [-0.3, -0.25) is 4.79 Å². The highest BCUT2D eigenvalue weighted by molar-refractivity contribution is 5.95. The fourth-order valence-corrected chi connectivity index (χ4v) is 4.09. The second-order valence-electron chi connectivity index (χ2n) is 9.20. The zero-order valence-corrected chi connectivity index (χ0v) is 17.9. The van der Waals surface area contributed by atoms with Crippen LogP contribution in [0.5, 0.6) is 0 Å². The lowest BCUT2D eigenvalue weighted by Gasteiger charge is -2.32. The Morgan fingerprint density at radius 3 is 2.36 bits per heavy atom. The number of fused-ring (bicyclic) bond motifs is 1. The van der Waals surface area contributed by atoms with Crippen LogP contribution in [0.25, 0.3) is 0 Å². The topological polar surface area (TPSA) is 23.6 Å². The van der Waals surface area contributed by atoms with Crippen molar-refractivity contribution in [3.05, 3.63) is 58.4 Å². The molecule has 3 rings (SSSR count). The van der Waals surface area contributed by atoms with Crippen LogP contribution in [0.2, 0.25) is 0 Å². The fraction of sp³-hybridized carbons (Fsp3) is 0.458. The van der Waals surface area contributed by atoms with Gasteiger partial charge in [-0.25, -0.2) is 4.39 Å². The Morgan fingerprint density at radius 2 is 1.75 bits per heavy atom. The normalized spacial score (nSPS) is 14.0. The van der Waals surface area contributed by atoms with E-state index >= 15 is 0 Å². The van der Waals surface area contributed by atoms with E-state index in [-0.39, 0.29) is 17.1 Å². The summed E-state index contributed by atoms with van der Waals surface area (Å²) in [4.78, 5) is 16.8. The van der Waals surface area contributed by atoms with E-state index < -0.39 is 0 Å². The summed E-state index contributed by atoms with van der Waals surface area (Å²) >= 11 is 0. The van der Waals surface area contributed by atoms with Crippen LogP contribution in [0.4, 0.5) is 15.8 Å². The minimum atomic E-state index is -0.178. The van der Waals surface area contributed by atoms with Crippen molar-refractivity contribution in [3.8, 4) is 0 Å². The van der Waals surface area contributed by atoms with Gasteiger partial charge in [-0.05, 0) is 72.2 Å². The average Bonchev–Trinajstić information content (AvgIpc) is 2.58. The van der Waals surface area contributed by atoms with E-state index in [1.807, 2.05) is 13.1 Å². The molecule has 3 nitrogen and oxygen atoms in total. The largest absolute Gasteiger partial charge is 0.367 e. The van der Waals surface area contributed by atoms with Crippen molar-refractivity contribution in [1.29, 1.82) is 0 Å². The maximum absolute atomic E-state index is 13.6. The quantitative estimate of drug-likeness (QED) is 0.709. The van der Waals surface area contributed by atoms with Gasteiger partial charge in [0, 0.05) is 37.9 Å². The predicted molar refractivity (Wildman–Crippen MR) is 115 cm³/mol. The summed E-state index contributed by atoms with van der Waals surface area (Å²) < 4.78 is 13.6. The van der Waals surface area contributed by atoms with Gasteiger partial charge in [-0.2, -0.15) is 0 Å². The Balaban J connectivity index is 1.85. The molecule has 4 heteroatoms. The van der Waals surface area contributed by atoms with E-state index in [1.54, 1.807) is 17.0 Å². The van der Waals surface area contributed by atoms with Crippen LogP contribution in [0.15, 0.2) is 30.3 Å². The number of carbonyl (C=O) groups excluding carboxylic acids is 1. The molecule has 1 aliphatic rings. The zero-order chi connectivity index (χ0) is 20.6. The second-order valence-corrected chi connectivity index (χ2v) is 9.20. The van der Waals surface area contributed by atoms with Gasteiger partial charge in [0.1, 0.15) is 5.82 Å². The summed E-state index contributed by atoms with van der Waals surface area (Å²) in [6.07, 6.45) is 1.43. The maximum atomic E-state index is 13.6. The van der Waals surface area contributed by atoms with Crippen molar-refractivity contribution in [2.45, 2.75) is 54.0 Å². The molecule has 0 saturated heterocycles. The van der Waals surface area contributed by atoms with Crippen molar-refractivity contribution >= 4 is 17.3 Å². The van der Waals surface area contributed by atoms with Crippen molar-refractivity contribution in [3.63, 3.8) is 0 Å². The van der Waals surface area contributed by atoms with Crippen LogP contribution in [0.1, 0.15) is 49.4 Å². The number of hydrogen-bond acceptors (Lipinski definition) is 2. The van der Waals surface area contributed by atoms with Crippen molar-refractivity contribution in [2.75, 3.05) is 23.4 Å². The van der Waals surface area contributed by atoms with Gasteiger partial charge in [-0.1, -0.05) is 26.8 Å². The van der Waals surface area contributed by atoms with Gasteiger partial charge in [0.25, 0.3) is 0 Å². The monoisotopic (exact) mass is 382 g/mol. The van der Waals surface area contributed by atoms with Crippen LogP contribution in [-0.4, -0.2) is 19.5 Å². The van der Waals surface area contributed by atoms with Gasteiger partial charge in [0.05, 0.1) is 0 Å². The standard InChI is InChI=1S/C24H31FN2O/c1-16-11-21(27-10-9-18-7-8-20(25)13-19(18)15-27)12-17(2)23(16)26(6)22(28)14-24(3,4)5/h7-8,11-13H,9-10,14-15H2,1-6H3. The van der Waals surface area contributed by atoms with Crippen molar-refractivity contribution < 1.29 is 9.18 Å². The van der Waals surface area contributed by atoms with Crippen LogP contribution in [0.3, 0.4) is 0 Å². The van der Waals surface area contributed by atoms with Gasteiger partial charge >= 0.3 is 0 Å². The van der Waals surface area contributed by atoms with Crippen LogP contribution in [0, 0.1) is 25.1 Å². The number of anilines is 2. The SMILES string of the molecule is Cc1cc(N2CCc3ccc(F)cc3C2)cc(C)c1N(C)C(=O)CC(C)(C)C. The van der Waals surface area contributed by atoms with E-state index in [0.717, 1.165) is 41.0 Å². The van der Waals surface area contributed by atoms with Gasteiger partial charge < -0.3 is 9.80 Å². The molecular formula is C24H31FN2O. The average molecular weight is 383 g/mol. The Kier molecular flexibility index (Phi) is 5.51. The number of amides is 1. The van der Waals surface area contributed by atoms with Crippen molar-refractivity contribution in [2.24, 2.45) is 5.41 Å². The molecule has 0 aromatic heterocycles. The Labute approximate surface area is 168 Å². The molecule has 0 aliphatic carbocycles. The number of halogens is 1. The first-order chi connectivity index (χ1) is 13.0. The van der Waals surface area contributed by atoms with Crippen LogP contribution >= 0.6 is 0 Å².